The van der Waals surface area contributed by atoms with Crippen molar-refractivity contribution < 1.29 is 13.8 Å². The molecule has 2 aliphatic rings. The molecule has 3 heterocycles. The Morgan fingerprint density at radius 1 is 1.19 bits per heavy atom. The second-order valence-corrected chi connectivity index (χ2v) is 10.9. The molecule has 7 nitrogen and oxygen atoms in total. The Bertz CT molecular complexity index is 1140. The summed E-state index contributed by atoms with van der Waals surface area (Å²) < 4.78 is 26.6. The van der Waals surface area contributed by atoms with Crippen LogP contribution in [0.3, 0.4) is 0 Å². The van der Waals surface area contributed by atoms with Gasteiger partial charge in [0.25, 0.3) is 0 Å². The monoisotopic (exact) mass is 460 g/mol. The highest BCUT2D eigenvalue weighted by Crippen LogP contribution is 2.51. The van der Waals surface area contributed by atoms with Gasteiger partial charge in [-0.05, 0) is 29.8 Å². The van der Waals surface area contributed by atoms with Gasteiger partial charge in [-0.3, -0.25) is 9.11 Å². The molecular formula is C22H25ClN4O3S. The lowest BCUT2D eigenvalue weighted by molar-refractivity contribution is -0.0461. The van der Waals surface area contributed by atoms with Crippen LogP contribution in [0.1, 0.15) is 5.56 Å². The minimum Gasteiger partial charge on any atom is -0.382 e. The van der Waals surface area contributed by atoms with E-state index in [9.17, 15) is 9.11 Å². The van der Waals surface area contributed by atoms with Crippen LogP contribution in [0.2, 0.25) is 5.02 Å². The molecule has 0 amide bonds. The highest BCUT2D eigenvalue weighted by atomic mass is 35.5. The Morgan fingerprint density at radius 2 is 2.00 bits per heavy atom. The SMILES string of the molecule is NC1(CNc2cc(N3CCS(O)(O)c4ccccc4C3)nc3ccc(Cl)cc23)COC1. The van der Waals surface area contributed by atoms with Gasteiger partial charge in [-0.1, -0.05) is 29.8 Å². The zero-order valence-corrected chi connectivity index (χ0v) is 18.5. The van der Waals surface area contributed by atoms with Crippen LogP contribution in [0.15, 0.2) is 53.4 Å². The van der Waals surface area contributed by atoms with Crippen LogP contribution in [-0.4, -0.2) is 51.7 Å². The number of rotatable bonds is 4. The minimum absolute atomic E-state index is 0.260. The van der Waals surface area contributed by atoms with Gasteiger partial charge in [0, 0.05) is 41.8 Å². The number of nitrogens with one attached hydrogen (secondary N) is 1. The first-order valence-corrected chi connectivity index (χ1v) is 12.2. The third-order valence-electron chi connectivity index (χ3n) is 5.82. The van der Waals surface area contributed by atoms with Crippen LogP contribution in [-0.2, 0) is 11.3 Å². The summed E-state index contributed by atoms with van der Waals surface area (Å²) in [5.41, 5.74) is 8.54. The van der Waals surface area contributed by atoms with Crippen molar-refractivity contribution in [3.8, 4) is 0 Å². The zero-order chi connectivity index (χ0) is 21.6. The summed E-state index contributed by atoms with van der Waals surface area (Å²) in [6.45, 7) is 2.65. The molecule has 0 bridgehead atoms. The zero-order valence-electron chi connectivity index (χ0n) is 16.9. The number of hydrogen-bond donors (Lipinski definition) is 4. The maximum Gasteiger partial charge on any atom is 0.131 e. The predicted octanol–water partition coefficient (Wildman–Crippen LogP) is 4.16. The number of hydrogen-bond acceptors (Lipinski definition) is 7. The van der Waals surface area contributed by atoms with E-state index in [0.717, 1.165) is 28.0 Å². The second kappa shape index (κ2) is 7.81. The van der Waals surface area contributed by atoms with Crippen molar-refractivity contribution in [2.24, 2.45) is 5.73 Å². The van der Waals surface area contributed by atoms with Gasteiger partial charge in [0.15, 0.2) is 0 Å². The standard InChI is InChI=1S/C22H25ClN4O3S/c23-16-5-6-18-17(9-16)19(25-12-22(24)13-30-14-22)10-21(26-18)27-7-8-31(28,29)20-4-2-1-3-15(20)11-27/h1-6,9-10,28-29H,7-8,11-14,24H2,(H,25,26). The second-order valence-electron chi connectivity index (χ2n) is 8.30. The Labute approximate surface area is 187 Å². The minimum atomic E-state index is -2.84. The van der Waals surface area contributed by atoms with E-state index in [1.54, 1.807) is 6.07 Å². The molecule has 1 saturated heterocycles. The highest BCUT2D eigenvalue weighted by Gasteiger charge is 2.34. The lowest BCUT2D eigenvalue weighted by atomic mass is 9.99. The van der Waals surface area contributed by atoms with Crippen molar-refractivity contribution in [3.63, 3.8) is 0 Å². The Morgan fingerprint density at radius 3 is 2.77 bits per heavy atom. The van der Waals surface area contributed by atoms with Crippen LogP contribution in [0, 0.1) is 0 Å². The Kier molecular flexibility index (Phi) is 5.24. The number of nitrogens with zero attached hydrogens (tertiary/aromatic N) is 2. The normalized spacial score (nSPS) is 20.5. The Balaban J connectivity index is 1.53. The molecule has 0 aliphatic carbocycles. The Hall–Kier alpha value is -2.07. The molecule has 9 heteroatoms. The summed E-state index contributed by atoms with van der Waals surface area (Å²) in [6.07, 6.45) is 0. The third kappa shape index (κ3) is 4.07. The topological polar surface area (TPSA) is 104 Å². The molecular weight excluding hydrogens is 436 g/mol. The van der Waals surface area contributed by atoms with Gasteiger partial charge in [0.1, 0.15) is 5.82 Å². The summed E-state index contributed by atoms with van der Waals surface area (Å²) in [5.74, 6) is 1.02. The molecule has 2 aliphatic heterocycles. The van der Waals surface area contributed by atoms with Crippen LogP contribution in [0.4, 0.5) is 11.5 Å². The van der Waals surface area contributed by atoms with Crippen molar-refractivity contribution in [1.82, 2.24) is 4.98 Å². The van der Waals surface area contributed by atoms with E-state index in [1.807, 2.05) is 42.5 Å². The fourth-order valence-electron chi connectivity index (χ4n) is 4.01. The molecule has 0 spiro atoms. The van der Waals surface area contributed by atoms with Gasteiger partial charge in [-0.25, -0.2) is 4.98 Å². The molecule has 0 unspecified atom stereocenters. The summed E-state index contributed by atoms with van der Waals surface area (Å²) in [5, 5.41) is 5.02. The smallest absolute Gasteiger partial charge is 0.131 e. The molecule has 2 aromatic carbocycles. The van der Waals surface area contributed by atoms with E-state index in [4.69, 9.17) is 27.1 Å². The average molecular weight is 461 g/mol. The molecule has 0 radical (unpaired) electrons. The van der Waals surface area contributed by atoms with Crippen molar-refractivity contribution in [2.75, 3.05) is 42.3 Å². The molecule has 0 saturated carbocycles. The summed E-state index contributed by atoms with van der Waals surface area (Å²) in [4.78, 5) is 7.57. The number of fused-ring (bicyclic) bond motifs is 2. The maximum absolute atomic E-state index is 10.7. The average Bonchev–Trinajstić information content (AvgIpc) is 2.87. The molecule has 5 rings (SSSR count). The first kappa shape index (κ1) is 20.8. The van der Waals surface area contributed by atoms with Gasteiger partial charge in [-0.2, -0.15) is 10.6 Å². The van der Waals surface area contributed by atoms with Gasteiger partial charge in [-0.15, -0.1) is 0 Å². The number of nitrogens with two attached hydrogens (primary N) is 1. The highest BCUT2D eigenvalue weighted by molar-refractivity contribution is 8.24. The van der Waals surface area contributed by atoms with E-state index in [1.165, 1.54) is 0 Å². The fraction of sp³-hybridized carbons (Fsp3) is 0.318. The van der Waals surface area contributed by atoms with E-state index in [-0.39, 0.29) is 11.3 Å². The van der Waals surface area contributed by atoms with Crippen molar-refractivity contribution in [3.05, 3.63) is 59.1 Å². The van der Waals surface area contributed by atoms with Crippen molar-refractivity contribution in [1.29, 1.82) is 0 Å². The van der Waals surface area contributed by atoms with E-state index >= 15 is 0 Å². The molecule has 31 heavy (non-hydrogen) atoms. The number of pyridine rings is 1. The molecule has 1 fully saturated rings. The lowest BCUT2D eigenvalue weighted by Gasteiger charge is -2.38. The lowest BCUT2D eigenvalue weighted by Crippen LogP contribution is -2.61. The largest absolute Gasteiger partial charge is 0.382 e. The summed E-state index contributed by atoms with van der Waals surface area (Å²) >= 11 is 6.25. The fourth-order valence-corrected chi connectivity index (χ4v) is 5.73. The number of aromatic nitrogens is 1. The van der Waals surface area contributed by atoms with Crippen LogP contribution in [0.25, 0.3) is 10.9 Å². The number of halogens is 1. The molecule has 1 aromatic heterocycles. The van der Waals surface area contributed by atoms with E-state index < -0.39 is 10.6 Å². The van der Waals surface area contributed by atoms with Gasteiger partial charge >= 0.3 is 0 Å². The summed E-state index contributed by atoms with van der Waals surface area (Å²) in [6, 6.07) is 15.1. The maximum atomic E-state index is 10.7. The molecule has 0 atom stereocenters. The van der Waals surface area contributed by atoms with E-state index in [0.29, 0.717) is 42.8 Å². The van der Waals surface area contributed by atoms with Crippen LogP contribution < -0.4 is 16.0 Å². The van der Waals surface area contributed by atoms with E-state index in [2.05, 4.69) is 10.2 Å². The van der Waals surface area contributed by atoms with Crippen molar-refractivity contribution >= 4 is 44.6 Å². The summed E-state index contributed by atoms with van der Waals surface area (Å²) in [7, 11) is -2.84. The van der Waals surface area contributed by atoms with Crippen LogP contribution >= 0.6 is 22.2 Å². The molecule has 5 N–H and O–H groups in total. The first-order chi connectivity index (χ1) is 14.8. The van der Waals surface area contributed by atoms with Crippen LogP contribution in [0.5, 0.6) is 0 Å². The number of ether oxygens (including phenoxy) is 1. The molecule has 3 aromatic rings. The number of anilines is 2. The van der Waals surface area contributed by atoms with Gasteiger partial charge in [0.2, 0.25) is 0 Å². The quantitative estimate of drug-likeness (QED) is 0.463. The van der Waals surface area contributed by atoms with Gasteiger partial charge in [0.05, 0.1) is 34.9 Å². The predicted molar refractivity (Wildman–Crippen MR) is 126 cm³/mol. The van der Waals surface area contributed by atoms with Crippen molar-refractivity contribution in [2.45, 2.75) is 17.0 Å². The first-order valence-electron chi connectivity index (χ1n) is 10.1. The van der Waals surface area contributed by atoms with Gasteiger partial charge < -0.3 is 20.7 Å². The number of benzene rings is 2. The molecule has 164 valence electrons. The third-order valence-corrected chi connectivity index (χ3v) is 7.91.